The molecule has 0 saturated carbocycles. The minimum Gasteiger partial charge on any atom is -0.385 e. The molecule has 1 aliphatic rings. The Morgan fingerprint density at radius 3 is 3.15 bits per heavy atom. The Labute approximate surface area is 125 Å². The number of methoxy groups -OCH3 is 1. The fourth-order valence-corrected chi connectivity index (χ4v) is 3.52. The number of nitrogens with one attached hydrogen (secondary N) is 1. The van der Waals surface area contributed by atoms with Gasteiger partial charge in [0.1, 0.15) is 0 Å². The molecule has 0 unspecified atom stereocenters. The lowest BCUT2D eigenvalue weighted by Gasteiger charge is -2.29. The van der Waals surface area contributed by atoms with E-state index in [0.29, 0.717) is 13.2 Å². The number of nitrogens with zero attached hydrogens (tertiary/aromatic N) is 1. The predicted octanol–water partition coefficient (Wildman–Crippen LogP) is 3.41. The van der Waals surface area contributed by atoms with E-state index in [9.17, 15) is 4.79 Å². The Bertz CT molecular complexity index is 395. The van der Waals surface area contributed by atoms with Crippen molar-refractivity contribution in [3.05, 3.63) is 22.4 Å². The molecule has 1 aliphatic heterocycles. The quantitative estimate of drug-likeness (QED) is 0.846. The summed E-state index contributed by atoms with van der Waals surface area (Å²) in [5, 5.41) is 5.11. The van der Waals surface area contributed by atoms with Crippen LogP contribution < -0.4 is 5.32 Å². The summed E-state index contributed by atoms with van der Waals surface area (Å²) in [6.45, 7) is 2.23. The molecule has 4 nitrogen and oxygen atoms in total. The predicted molar refractivity (Wildman–Crippen MR) is 82.1 cm³/mol. The Kier molecular flexibility index (Phi) is 6.33. The number of amides is 2. The maximum atomic E-state index is 12.4. The van der Waals surface area contributed by atoms with Gasteiger partial charge in [-0.3, -0.25) is 0 Å². The first-order valence-corrected chi connectivity index (χ1v) is 8.27. The Morgan fingerprint density at radius 1 is 1.50 bits per heavy atom. The van der Waals surface area contributed by atoms with E-state index in [0.717, 1.165) is 25.8 Å². The Hall–Kier alpha value is -1.07. The molecule has 20 heavy (non-hydrogen) atoms. The van der Waals surface area contributed by atoms with Crippen molar-refractivity contribution in [2.24, 2.45) is 0 Å². The highest BCUT2D eigenvalue weighted by molar-refractivity contribution is 7.10. The van der Waals surface area contributed by atoms with Gasteiger partial charge in [-0.2, -0.15) is 0 Å². The van der Waals surface area contributed by atoms with Crippen LogP contribution in [0.3, 0.4) is 0 Å². The maximum absolute atomic E-state index is 12.4. The van der Waals surface area contributed by atoms with E-state index in [1.54, 1.807) is 18.4 Å². The van der Waals surface area contributed by atoms with Crippen molar-refractivity contribution in [3.8, 4) is 0 Å². The fraction of sp³-hybridized carbons (Fsp3) is 0.667. The van der Waals surface area contributed by atoms with Gasteiger partial charge in [0.05, 0.1) is 6.04 Å². The summed E-state index contributed by atoms with van der Waals surface area (Å²) in [7, 11) is 1.68. The van der Waals surface area contributed by atoms with Crippen molar-refractivity contribution in [3.63, 3.8) is 0 Å². The molecular formula is C15H24N2O2S. The Balaban J connectivity index is 1.95. The van der Waals surface area contributed by atoms with Crippen LogP contribution in [0.1, 0.15) is 43.0 Å². The van der Waals surface area contributed by atoms with Gasteiger partial charge in [0.25, 0.3) is 0 Å². The van der Waals surface area contributed by atoms with Crippen molar-refractivity contribution in [2.75, 3.05) is 26.8 Å². The highest BCUT2D eigenvalue weighted by atomic mass is 32.1. The van der Waals surface area contributed by atoms with E-state index in [1.165, 1.54) is 17.7 Å². The zero-order chi connectivity index (χ0) is 14.2. The molecule has 1 aromatic heterocycles. The lowest BCUT2D eigenvalue weighted by Crippen LogP contribution is -2.42. The number of likely N-dealkylation sites (tertiary alicyclic amines) is 1. The van der Waals surface area contributed by atoms with Crippen LogP contribution in [-0.4, -0.2) is 37.7 Å². The lowest BCUT2D eigenvalue weighted by molar-refractivity contribution is 0.171. The van der Waals surface area contributed by atoms with Crippen LogP contribution in [0.5, 0.6) is 0 Å². The largest absolute Gasteiger partial charge is 0.385 e. The van der Waals surface area contributed by atoms with Gasteiger partial charge in [0, 0.05) is 31.7 Å². The zero-order valence-corrected chi connectivity index (χ0v) is 13.0. The van der Waals surface area contributed by atoms with E-state index in [1.807, 2.05) is 4.90 Å². The first kappa shape index (κ1) is 15.3. The van der Waals surface area contributed by atoms with Crippen molar-refractivity contribution >= 4 is 17.4 Å². The number of urea groups is 1. The number of ether oxygens (including phenoxy) is 1. The third-order valence-electron chi connectivity index (χ3n) is 3.69. The number of carbonyl (C=O) groups is 1. The number of carbonyl (C=O) groups excluding carboxylic acids is 1. The molecule has 2 amide bonds. The number of hydrogen-bond donors (Lipinski definition) is 1. The number of hydrogen-bond acceptors (Lipinski definition) is 3. The number of rotatable bonds is 5. The molecule has 112 valence electrons. The van der Waals surface area contributed by atoms with Gasteiger partial charge in [-0.25, -0.2) is 4.79 Å². The molecule has 2 heterocycles. The van der Waals surface area contributed by atoms with Gasteiger partial charge >= 0.3 is 6.03 Å². The molecule has 1 atom stereocenters. The third kappa shape index (κ3) is 4.21. The molecule has 2 rings (SSSR count). The van der Waals surface area contributed by atoms with Crippen LogP contribution in [0.4, 0.5) is 4.79 Å². The maximum Gasteiger partial charge on any atom is 0.317 e. The molecule has 1 saturated heterocycles. The smallest absolute Gasteiger partial charge is 0.317 e. The second-order valence-electron chi connectivity index (χ2n) is 5.15. The highest BCUT2D eigenvalue weighted by Crippen LogP contribution is 2.32. The summed E-state index contributed by atoms with van der Waals surface area (Å²) in [4.78, 5) is 15.7. The minimum atomic E-state index is 0.0707. The molecule has 1 N–H and O–H groups in total. The minimum absolute atomic E-state index is 0.0707. The van der Waals surface area contributed by atoms with E-state index < -0.39 is 0 Å². The van der Waals surface area contributed by atoms with Gasteiger partial charge in [-0.1, -0.05) is 18.9 Å². The van der Waals surface area contributed by atoms with Gasteiger partial charge in [0.15, 0.2) is 0 Å². The van der Waals surface area contributed by atoms with E-state index in [4.69, 9.17) is 4.74 Å². The molecule has 1 aromatic rings. The summed E-state index contributed by atoms with van der Waals surface area (Å²) >= 11 is 1.75. The van der Waals surface area contributed by atoms with Crippen LogP contribution in [0, 0.1) is 0 Å². The van der Waals surface area contributed by atoms with Gasteiger partial charge in [0.2, 0.25) is 0 Å². The molecule has 0 spiro atoms. The normalized spacial score (nSPS) is 19.6. The molecule has 5 heteroatoms. The molecular weight excluding hydrogens is 272 g/mol. The Morgan fingerprint density at radius 2 is 2.40 bits per heavy atom. The first-order chi connectivity index (χ1) is 9.83. The number of thiophene rings is 1. The van der Waals surface area contributed by atoms with Crippen molar-refractivity contribution < 1.29 is 9.53 Å². The molecule has 0 aliphatic carbocycles. The van der Waals surface area contributed by atoms with Crippen LogP contribution in [0.25, 0.3) is 0 Å². The van der Waals surface area contributed by atoms with Crippen molar-refractivity contribution in [2.45, 2.75) is 38.1 Å². The van der Waals surface area contributed by atoms with Gasteiger partial charge in [-0.15, -0.1) is 11.3 Å². The standard InChI is InChI=1S/C15H24N2O2S/c1-19-11-6-9-16-15(18)17-10-4-2-3-7-13(17)14-8-5-12-20-14/h5,8,12-13H,2-4,6-7,9-11H2,1H3,(H,16,18)/t13-/m0/s1. The first-order valence-electron chi connectivity index (χ1n) is 7.39. The van der Waals surface area contributed by atoms with Crippen LogP contribution in [0.15, 0.2) is 17.5 Å². The fourth-order valence-electron chi connectivity index (χ4n) is 2.64. The van der Waals surface area contributed by atoms with Crippen LogP contribution in [-0.2, 0) is 4.74 Å². The highest BCUT2D eigenvalue weighted by Gasteiger charge is 2.27. The van der Waals surface area contributed by atoms with E-state index >= 15 is 0 Å². The van der Waals surface area contributed by atoms with Crippen LogP contribution in [0.2, 0.25) is 0 Å². The topological polar surface area (TPSA) is 41.6 Å². The zero-order valence-electron chi connectivity index (χ0n) is 12.1. The monoisotopic (exact) mass is 296 g/mol. The van der Waals surface area contributed by atoms with Gasteiger partial charge < -0.3 is 15.0 Å². The summed E-state index contributed by atoms with van der Waals surface area (Å²) in [6, 6.07) is 4.53. The molecule has 0 bridgehead atoms. The summed E-state index contributed by atoms with van der Waals surface area (Å²) in [5.74, 6) is 0. The molecule has 1 fully saturated rings. The van der Waals surface area contributed by atoms with E-state index in [2.05, 4.69) is 22.8 Å². The SMILES string of the molecule is COCCCNC(=O)N1CCCCC[C@H]1c1cccs1. The lowest BCUT2D eigenvalue weighted by atomic mass is 10.1. The summed E-state index contributed by atoms with van der Waals surface area (Å²) in [6.07, 6.45) is 5.46. The molecule has 0 aromatic carbocycles. The second kappa shape index (κ2) is 8.27. The van der Waals surface area contributed by atoms with Gasteiger partial charge in [-0.05, 0) is 30.7 Å². The van der Waals surface area contributed by atoms with E-state index in [-0.39, 0.29) is 12.1 Å². The second-order valence-corrected chi connectivity index (χ2v) is 6.13. The van der Waals surface area contributed by atoms with Crippen molar-refractivity contribution in [1.82, 2.24) is 10.2 Å². The third-order valence-corrected chi connectivity index (χ3v) is 4.66. The summed E-state index contributed by atoms with van der Waals surface area (Å²) < 4.78 is 5.01. The van der Waals surface area contributed by atoms with Crippen molar-refractivity contribution in [1.29, 1.82) is 0 Å². The summed E-state index contributed by atoms with van der Waals surface area (Å²) in [5.41, 5.74) is 0. The average molecular weight is 296 g/mol. The average Bonchev–Trinajstić information content (AvgIpc) is 2.88. The van der Waals surface area contributed by atoms with Crippen LogP contribution >= 0.6 is 11.3 Å². The molecule has 0 radical (unpaired) electrons.